The number of halogens is 1. The van der Waals surface area contributed by atoms with Gasteiger partial charge in [-0.2, -0.15) is 0 Å². The number of piperidine rings is 1. The summed E-state index contributed by atoms with van der Waals surface area (Å²) in [6.07, 6.45) is -0.219. The molecule has 6 rings (SSSR count). The Morgan fingerprint density at radius 3 is 2.13 bits per heavy atom. The van der Waals surface area contributed by atoms with Crippen molar-refractivity contribution in [2.45, 2.75) is 103 Å². The third kappa shape index (κ3) is 6.50. The smallest absolute Gasteiger partial charge is 0.417 e. The van der Waals surface area contributed by atoms with Gasteiger partial charge in [-0.3, -0.25) is 13.9 Å². The number of carbonyl (C=O) groups is 3. The number of esters is 1. The Hall–Kier alpha value is -4.25. The monoisotopic (exact) mass is 732 g/mol. The van der Waals surface area contributed by atoms with Crippen LogP contribution in [0.1, 0.15) is 83.4 Å². The molecule has 0 aromatic heterocycles. The van der Waals surface area contributed by atoms with Crippen molar-refractivity contribution in [3.63, 3.8) is 0 Å². The van der Waals surface area contributed by atoms with Crippen molar-refractivity contribution in [1.82, 2.24) is 4.90 Å². The minimum atomic E-state index is -4.20. The number of hydrogen-bond acceptors (Lipinski definition) is 7. The topological polar surface area (TPSA) is 110 Å². The number of amides is 2. The van der Waals surface area contributed by atoms with E-state index < -0.39 is 74.2 Å². The van der Waals surface area contributed by atoms with E-state index in [4.69, 9.17) is 9.47 Å². The van der Waals surface area contributed by atoms with Crippen LogP contribution in [0.5, 0.6) is 0 Å². The molecule has 3 aromatic rings. The van der Waals surface area contributed by atoms with Crippen LogP contribution in [0.2, 0.25) is 0 Å². The second-order valence-corrected chi connectivity index (χ2v) is 18.3. The van der Waals surface area contributed by atoms with E-state index in [2.05, 4.69) is 13.8 Å². The van der Waals surface area contributed by atoms with Crippen LogP contribution in [-0.2, 0) is 29.1 Å². The predicted molar refractivity (Wildman–Crippen MR) is 195 cm³/mol. The summed E-state index contributed by atoms with van der Waals surface area (Å²) in [5, 5.41) is 0. The van der Waals surface area contributed by atoms with E-state index >= 15 is 0 Å². The molecule has 2 aliphatic carbocycles. The minimum Gasteiger partial charge on any atom is -0.459 e. The first-order valence-electron chi connectivity index (χ1n) is 17.9. The number of aryl methyl sites for hydroxylation is 2. The van der Waals surface area contributed by atoms with Crippen LogP contribution < -0.4 is 4.31 Å². The Morgan fingerprint density at radius 1 is 0.923 bits per heavy atom. The SMILES string of the molecule is Cc1cc(C)cc(N([C@H]2[C@H]3CC[C@@](C)([C@H]2OC(=O)[C@@H]2C(=O)N(C(=O)OC(C)(C)C)CC[C@H]2c2ccc(F)cc2)C3(C)C)S(=O)(=O)c2ccccc2)c1. The third-order valence-corrected chi connectivity index (χ3v) is 13.6. The number of carbonyl (C=O) groups excluding carboxylic acids is 3. The summed E-state index contributed by atoms with van der Waals surface area (Å²) in [4.78, 5) is 43.4. The van der Waals surface area contributed by atoms with Gasteiger partial charge in [-0.25, -0.2) is 22.5 Å². The van der Waals surface area contributed by atoms with Crippen LogP contribution in [-0.4, -0.2) is 55.6 Å². The summed E-state index contributed by atoms with van der Waals surface area (Å²) in [5.41, 5.74) is 0.745. The van der Waals surface area contributed by atoms with Crippen LogP contribution in [0.3, 0.4) is 0 Å². The molecule has 6 atom stereocenters. The summed E-state index contributed by atoms with van der Waals surface area (Å²) >= 11 is 0. The molecular weight excluding hydrogens is 684 g/mol. The quantitative estimate of drug-likeness (QED) is 0.179. The molecule has 3 aromatic carbocycles. The van der Waals surface area contributed by atoms with E-state index in [0.717, 1.165) is 16.0 Å². The van der Waals surface area contributed by atoms with E-state index in [1.807, 2.05) is 39.0 Å². The van der Waals surface area contributed by atoms with Gasteiger partial charge in [-0.1, -0.05) is 57.2 Å². The molecule has 52 heavy (non-hydrogen) atoms. The maximum atomic E-state index is 14.9. The van der Waals surface area contributed by atoms with E-state index in [0.29, 0.717) is 24.1 Å². The lowest BCUT2D eigenvalue weighted by atomic mass is 9.70. The molecule has 0 N–H and O–H groups in total. The first-order valence-corrected chi connectivity index (χ1v) is 19.4. The molecule has 11 heteroatoms. The maximum absolute atomic E-state index is 14.9. The predicted octanol–water partition coefficient (Wildman–Crippen LogP) is 7.94. The van der Waals surface area contributed by atoms with Gasteiger partial charge in [0.2, 0.25) is 5.91 Å². The minimum absolute atomic E-state index is 0.00570. The van der Waals surface area contributed by atoms with Crippen molar-refractivity contribution in [3.8, 4) is 0 Å². The van der Waals surface area contributed by atoms with E-state index in [9.17, 15) is 27.2 Å². The normalized spacial score (nSPS) is 27.0. The number of likely N-dealkylation sites (tertiary alicyclic amines) is 1. The van der Waals surface area contributed by atoms with Gasteiger partial charge in [0.15, 0.2) is 0 Å². The second-order valence-electron chi connectivity index (χ2n) is 16.5. The van der Waals surface area contributed by atoms with Crippen molar-refractivity contribution in [1.29, 1.82) is 0 Å². The molecular formula is C41H49FN2O7S. The Bertz CT molecular complexity index is 1960. The summed E-state index contributed by atoms with van der Waals surface area (Å²) in [5.74, 6) is -4.48. The zero-order chi connectivity index (χ0) is 38.0. The lowest BCUT2D eigenvalue weighted by Crippen LogP contribution is -2.56. The highest BCUT2D eigenvalue weighted by molar-refractivity contribution is 7.92. The number of anilines is 1. The number of ether oxygens (including phenoxy) is 2. The van der Waals surface area contributed by atoms with Crippen LogP contribution in [0, 0.1) is 42.3 Å². The second kappa shape index (κ2) is 13.3. The van der Waals surface area contributed by atoms with Crippen molar-refractivity contribution >= 4 is 33.7 Å². The molecule has 2 bridgehead atoms. The molecule has 3 aliphatic rings. The third-order valence-electron chi connectivity index (χ3n) is 11.8. The number of benzene rings is 3. The lowest BCUT2D eigenvalue weighted by Gasteiger charge is -2.44. The molecule has 1 saturated heterocycles. The first-order chi connectivity index (χ1) is 24.3. The first kappa shape index (κ1) is 37.5. The number of sulfonamides is 1. The number of rotatable bonds is 7. The molecule has 0 radical (unpaired) electrons. The Morgan fingerprint density at radius 2 is 1.54 bits per heavy atom. The van der Waals surface area contributed by atoms with Crippen molar-refractivity contribution in [3.05, 3.63) is 95.3 Å². The number of fused-ring (bicyclic) bond motifs is 2. The molecule has 0 unspecified atom stereocenters. The fraction of sp³-hybridized carbons (Fsp3) is 0.488. The van der Waals surface area contributed by atoms with Gasteiger partial charge in [-0.05, 0) is 118 Å². The van der Waals surface area contributed by atoms with Gasteiger partial charge in [-0.15, -0.1) is 0 Å². The average Bonchev–Trinajstić information content (AvgIpc) is 3.37. The van der Waals surface area contributed by atoms with Gasteiger partial charge in [0.05, 0.1) is 16.6 Å². The van der Waals surface area contributed by atoms with Crippen LogP contribution >= 0.6 is 0 Å². The van der Waals surface area contributed by atoms with Crippen LogP contribution in [0.15, 0.2) is 77.7 Å². The van der Waals surface area contributed by atoms with Crippen molar-refractivity contribution < 1.29 is 36.7 Å². The summed E-state index contributed by atoms with van der Waals surface area (Å²) in [6.45, 7) is 15.1. The van der Waals surface area contributed by atoms with Gasteiger partial charge in [0.25, 0.3) is 10.0 Å². The molecule has 2 amide bonds. The zero-order valence-corrected chi connectivity index (χ0v) is 32.0. The largest absolute Gasteiger partial charge is 0.459 e. The highest BCUT2D eigenvalue weighted by Gasteiger charge is 2.70. The fourth-order valence-electron chi connectivity index (χ4n) is 8.91. The molecule has 9 nitrogen and oxygen atoms in total. The van der Waals surface area contributed by atoms with E-state index in [1.165, 1.54) is 28.6 Å². The fourth-order valence-corrected chi connectivity index (χ4v) is 10.6. The molecule has 2 saturated carbocycles. The molecule has 0 spiro atoms. The van der Waals surface area contributed by atoms with Gasteiger partial charge < -0.3 is 9.47 Å². The van der Waals surface area contributed by atoms with Gasteiger partial charge >= 0.3 is 12.1 Å². The Labute approximate surface area is 306 Å². The summed E-state index contributed by atoms with van der Waals surface area (Å²) < 4.78 is 57.3. The number of imide groups is 1. The van der Waals surface area contributed by atoms with Crippen LogP contribution in [0.4, 0.5) is 14.9 Å². The Balaban J connectivity index is 1.46. The molecule has 1 aliphatic heterocycles. The standard InChI is InChI=1S/C41H49FN2O7S/c1-25-22-26(2)24-29(23-25)44(52(48,49)30-12-10-9-11-13-30)34-32-18-20-41(8,40(32,6)7)35(34)50-37(46)33-31(27-14-16-28(42)17-15-27)19-21-43(36(33)45)38(47)51-39(3,4)5/h9-17,22-24,31-35H,18-21H2,1-8H3/t31-,32+,33-,34-,35-,41-/m0/s1. The van der Waals surface area contributed by atoms with Crippen molar-refractivity contribution in [2.24, 2.45) is 22.7 Å². The van der Waals surface area contributed by atoms with E-state index in [-0.39, 0.29) is 23.8 Å². The molecule has 1 heterocycles. The molecule has 3 fully saturated rings. The number of nitrogens with zero attached hydrogens (tertiary/aromatic N) is 2. The van der Waals surface area contributed by atoms with Crippen molar-refractivity contribution in [2.75, 3.05) is 10.8 Å². The highest BCUT2D eigenvalue weighted by atomic mass is 32.2. The van der Waals surface area contributed by atoms with E-state index in [1.54, 1.807) is 51.1 Å². The maximum Gasteiger partial charge on any atom is 0.417 e. The van der Waals surface area contributed by atoms with Crippen LogP contribution in [0.25, 0.3) is 0 Å². The lowest BCUT2D eigenvalue weighted by molar-refractivity contribution is -0.169. The zero-order valence-electron chi connectivity index (χ0n) is 31.2. The summed E-state index contributed by atoms with van der Waals surface area (Å²) in [7, 11) is -4.20. The Kier molecular flexibility index (Phi) is 9.60. The van der Waals surface area contributed by atoms with Gasteiger partial charge in [0.1, 0.15) is 23.4 Å². The molecule has 278 valence electrons. The summed E-state index contributed by atoms with van der Waals surface area (Å²) in [6, 6.07) is 18.7. The average molecular weight is 733 g/mol. The number of hydrogen-bond donors (Lipinski definition) is 0. The highest BCUT2D eigenvalue weighted by Crippen LogP contribution is 2.68. The van der Waals surface area contributed by atoms with Gasteiger partial charge in [0, 0.05) is 17.9 Å².